The topological polar surface area (TPSA) is 91.3 Å². The van der Waals surface area contributed by atoms with Crippen LogP contribution in [-0.2, 0) is 27.9 Å². The van der Waals surface area contributed by atoms with Crippen LogP contribution in [0.15, 0.2) is 12.2 Å². The first kappa shape index (κ1) is 48.2. The van der Waals surface area contributed by atoms with Gasteiger partial charge >= 0.3 is 13.8 Å². The first-order valence-corrected chi connectivity index (χ1v) is 21.9. The number of likely N-dealkylation sites (N-methyl/N-ethyl adjacent to an activating group) is 1. The summed E-state index contributed by atoms with van der Waals surface area (Å²) in [5.74, 6) is -0.316. The van der Waals surface area contributed by atoms with Crippen molar-refractivity contribution in [2.45, 2.75) is 187 Å². The van der Waals surface area contributed by atoms with Crippen molar-refractivity contribution in [1.29, 1.82) is 0 Å². The third-order valence-corrected chi connectivity index (χ3v) is 9.81. The van der Waals surface area contributed by atoms with Crippen LogP contribution < -0.4 is 0 Å². The van der Waals surface area contributed by atoms with Gasteiger partial charge in [-0.1, -0.05) is 148 Å². The molecule has 0 aromatic heterocycles. The Labute approximate surface area is 303 Å². The lowest BCUT2D eigenvalue weighted by molar-refractivity contribution is -0.870. The van der Waals surface area contributed by atoms with Gasteiger partial charge in [0.2, 0.25) is 0 Å². The van der Waals surface area contributed by atoms with Crippen LogP contribution in [0.3, 0.4) is 0 Å². The van der Waals surface area contributed by atoms with Crippen molar-refractivity contribution >= 4 is 13.8 Å². The van der Waals surface area contributed by atoms with Crippen molar-refractivity contribution in [3.63, 3.8) is 0 Å². The summed E-state index contributed by atoms with van der Waals surface area (Å²) >= 11 is 0. The second-order valence-corrected chi connectivity index (χ2v) is 16.5. The first-order valence-electron chi connectivity index (χ1n) is 20.4. The van der Waals surface area contributed by atoms with Crippen molar-refractivity contribution in [1.82, 2.24) is 0 Å². The summed E-state index contributed by atoms with van der Waals surface area (Å²) < 4.78 is 34.8. The summed E-state index contributed by atoms with van der Waals surface area (Å²) in [5, 5.41) is 0. The molecule has 0 saturated heterocycles. The fourth-order valence-corrected chi connectivity index (χ4v) is 6.35. The van der Waals surface area contributed by atoms with E-state index in [2.05, 4.69) is 26.0 Å². The monoisotopic (exact) mass is 719 g/mol. The Hall–Kier alpha value is -0.760. The maximum Gasteiger partial charge on any atom is 0.472 e. The average molecular weight is 719 g/mol. The number of carbonyl (C=O) groups excluding carboxylic acids is 1. The smallest absolute Gasteiger partial charge is 0.457 e. The molecule has 0 saturated carbocycles. The molecule has 0 heterocycles. The van der Waals surface area contributed by atoms with Gasteiger partial charge in [0.15, 0.2) is 0 Å². The molecule has 0 aliphatic carbocycles. The van der Waals surface area contributed by atoms with Crippen LogP contribution in [0.2, 0.25) is 0 Å². The zero-order valence-corrected chi connectivity index (χ0v) is 33.8. The maximum atomic E-state index is 12.6. The van der Waals surface area contributed by atoms with Crippen molar-refractivity contribution < 1.29 is 37.3 Å². The van der Waals surface area contributed by atoms with Crippen LogP contribution in [0.25, 0.3) is 0 Å². The lowest BCUT2D eigenvalue weighted by Gasteiger charge is -2.24. The summed E-state index contributed by atoms with van der Waals surface area (Å²) in [6.45, 7) is 5.61. The molecular weight excluding hydrogens is 637 g/mol. The second-order valence-electron chi connectivity index (χ2n) is 15.0. The molecule has 8 nitrogen and oxygen atoms in total. The minimum absolute atomic E-state index is 0.0909. The van der Waals surface area contributed by atoms with Crippen LogP contribution in [-0.4, -0.2) is 75.6 Å². The highest BCUT2D eigenvalue weighted by Gasteiger charge is 2.26. The average Bonchev–Trinajstić information content (AvgIpc) is 3.04. The minimum Gasteiger partial charge on any atom is -0.457 e. The third-order valence-electron chi connectivity index (χ3n) is 8.83. The van der Waals surface area contributed by atoms with Gasteiger partial charge in [0.1, 0.15) is 19.3 Å². The summed E-state index contributed by atoms with van der Waals surface area (Å²) in [6.07, 6.45) is 35.3. The third kappa shape index (κ3) is 38.3. The van der Waals surface area contributed by atoms with E-state index in [-0.39, 0.29) is 25.8 Å². The zero-order valence-electron chi connectivity index (χ0n) is 32.9. The molecule has 0 bridgehead atoms. The van der Waals surface area contributed by atoms with E-state index < -0.39 is 13.9 Å². The number of allylic oxidation sites excluding steroid dienone is 2. The molecule has 1 N–H and O–H groups in total. The number of phosphoric ester groups is 1. The molecule has 0 amide bonds. The maximum absolute atomic E-state index is 12.6. The molecule has 0 aromatic carbocycles. The standard InChI is InChI=1S/C40H80NO7P/c1-6-8-10-12-14-16-17-18-19-20-21-22-23-24-25-26-27-29-31-33-40(42)48-39(37-45-35-32-30-28-15-13-11-9-7-2)38-47-49(43,44)46-36-34-41(3,4)5/h18-19,39H,6-17,20-38H2,1-5H3/p+1/b19-18-. The van der Waals surface area contributed by atoms with Gasteiger partial charge in [0.05, 0.1) is 34.4 Å². The van der Waals surface area contributed by atoms with E-state index >= 15 is 0 Å². The van der Waals surface area contributed by atoms with Gasteiger partial charge in [0.25, 0.3) is 0 Å². The SMILES string of the molecule is CCCCCCCC/C=C\CCCCCCCCCCCC(=O)OC(COCCCCCCCCCC)COP(=O)(O)OCC[N+](C)(C)C. The van der Waals surface area contributed by atoms with Crippen molar-refractivity contribution in [3.05, 3.63) is 12.2 Å². The summed E-state index contributed by atoms with van der Waals surface area (Å²) in [5.41, 5.74) is 0. The predicted molar refractivity (Wildman–Crippen MR) is 206 cm³/mol. The van der Waals surface area contributed by atoms with E-state index in [1.165, 1.54) is 128 Å². The molecule has 0 aliphatic rings. The molecule has 0 radical (unpaired) electrons. The van der Waals surface area contributed by atoms with Crippen LogP contribution in [0, 0.1) is 0 Å². The molecule has 0 rings (SSSR count). The Morgan fingerprint density at radius 1 is 0.612 bits per heavy atom. The number of esters is 1. The Morgan fingerprint density at radius 2 is 1.06 bits per heavy atom. The quantitative estimate of drug-likeness (QED) is 0.0223. The highest BCUT2D eigenvalue weighted by atomic mass is 31.2. The molecule has 0 aromatic rings. The molecule has 2 atom stereocenters. The molecular formula is C40H81NO7P+. The number of unbranched alkanes of at least 4 members (excludes halogenated alkanes) is 22. The normalized spacial score (nSPS) is 14.0. The van der Waals surface area contributed by atoms with E-state index in [1.807, 2.05) is 21.1 Å². The molecule has 49 heavy (non-hydrogen) atoms. The number of hydrogen-bond acceptors (Lipinski definition) is 6. The van der Waals surface area contributed by atoms with Gasteiger partial charge in [-0.3, -0.25) is 13.8 Å². The number of hydrogen-bond donors (Lipinski definition) is 1. The van der Waals surface area contributed by atoms with Gasteiger partial charge in [0, 0.05) is 13.0 Å². The van der Waals surface area contributed by atoms with Crippen molar-refractivity contribution in [3.8, 4) is 0 Å². The molecule has 292 valence electrons. The summed E-state index contributed by atoms with van der Waals surface area (Å²) in [7, 11) is 1.67. The number of quaternary nitrogens is 1. The first-order chi connectivity index (χ1) is 23.6. The Bertz CT molecular complexity index is 802. The van der Waals surface area contributed by atoms with Crippen molar-refractivity contribution in [2.75, 3.05) is 54.1 Å². The molecule has 9 heteroatoms. The lowest BCUT2D eigenvalue weighted by atomic mass is 10.1. The summed E-state index contributed by atoms with van der Waals surface area (Å²) in [6, 6.07) is 0. The summed E-state index contributed by atoms with van der Waals surface area (Å²) in [4.78, 5) is 22.8. The van der Waals surface area contributed by atoms with Crippen LogP contribution in [0.5, 0.6) is 0 Å². The van der Waals surface area contributed by atoms with E-state index in [1.54, 1.807) is 0 Å². The minimum atomic E-state index is -4.26. The number of phosphoric acid groups is 1. The largest absolute Gasteiger partial charge is 0.472 e. The Balaban J connectivity index is 4.14. The van der Waals surface area contributed by atoms with Gasteiger partial charge in [-0.25, -0.2) is 4.57 Å². The van der Waals surface area contributed by atoms with E-state index in [0.29, 0.717) is 24.1 Å². The Morgan fingerprint density at radius 3 is 1.55 bits per heavy atom. The second kappa shape index (κ2) is 34.3. The molecule has 0 fully saturated rings. The van der Waals surface area contributed by atoms with Gasteiger partial charge < -0.3 is 18.9 Å². The highest BCUT2D eigenvalue weighted by molar-refractivity contribution is 7.47. The van der Waals surface area contributed by atoms with Crippen molar-refractivity contribution in [2.24, 2.45) is 0 Å². The van der Waals surface area contributed by atoms with Gasteiger partial charge in [-0.05, 0) is 38.5 Å². The zero-order chi connectivity index (χ0) is 36.3. The van der Waals surface area contributed by atoms with E-state index in [4.69, 9.17) is 18.5 Å². The van der Waals surface area contributed by atoms with Gasteiger partial charge in [-0.15, -0.1) is 0 Å². The number of ether oxygens (including phenoxy) is 2. The van der Waals surface area contributed by atoms with E-state index in [0.717, 1.165) is 32.1 Å². The molecule has 0 aliphatic heterocycles. The fraction of sp³-hybridized carbons (Fsp3) is 0.925. The lowest BCUT2D eigenvalue weighted by Crippen LogP contribution is -2.37. The van der Waals surface area contributed by atoms with E-state index in [9.17, 15) is 14.3 Å². The fourth-order valence-electron chi connectivity index (χ4n) is 5.61. The molecule has 0 spiro atoms. The van der Waals surface area contributed by atoms with Gasteiger partial charge in [-0.2, -0.15) is 0 Å². The molecule has 2 unspecified atom stereocenters. The van der Waals surface area contributed by atoms with Crippen LogP contribution in [0.4, 0.5) is 0 Å². The number of nitrogens with zero attached hydrogens (tertiary/aromatic N) is 1. The predicted octanol–water partition coefficient (Wildman–Crippen LogP) is 11.5. The Kier molecular flexibility index (Phi) is 33.8. The highest BCUT2D eigenvalue weighted by Crippen LogP contribution is 2.43. The number of rotatable bonds is 38. The number of carbonyl (C=O) groups is 1. The van der Waals surface area contributed by atoms with Crippen LogP contribution in [0.1, 0.15) is 181 Å². The van der Waals surface area contributed by atoms with Crippen LogP contribution >= 0.6 is 7.82 Å².